The number of carboxylic acids is 1. The van der Waals surface area contributed by atoms with Crippen LogP contribution in [0.2, 0.25) is 0 Å². The topological polar surface area (TPSA) is 89.3 Å². The van der Waals surface area contributed by atoms with Crippen LogP contribution in [-0.2, 0) is 4.79 Å². The van der Waals surface area contributed by atoms with Crippen molar-refractivity contribution in [1.82, 2.24) is 20.1 Å². The maximum atomic E-state index is 12.3. The predicted octanol–water partition coefficient (Wildman–Crippen LogP) is 3.62. The molecule has 0 spiro atoms. The molecule has 0 atom stereocenters. The van der Waals surface area contributed by atoms with E-state index in [-0.39, 0.29) is 11.7 Å². The lowest BCUT2D eigenvalue weighted by atomic mass is 9.95. The van der Waals surface area contributed by atoms with Crippen molar-refractivity contribution in [3.63, 3.8) is 0 Å². The first-order valence-corrected chi connectivity index (χ1v) is 9.12. The number of carbonyl (C=O) groups is 1. The SMILES string of the molecule is C#Cc1ccnc2c1c(C1CNC1)nn2-c1ccc(OC(F)(F)F)cc1.O=C(O)C(F)(F)F. The third kappa shape index (κ3) is 5.53. The number of nitrogens with one attached hydrogen (secondary N) is 1. The van der Waals surface area contributed by atoms with Gasteiger partial charge < -0.3 is 15.2 Å². The first kappa shape index (κ1) is 23.9. The molecule has 33 heavy (non-hydrogen) atoms. The van der Waals surface area contributed by atoms with E-state index < -0.39 is 18.5 Å². The van der Waals surface area contributed by atoms with Gasteiger partial charge in [0.1, 0.15) is 5.75 Å². The Morgan fingerprint density at radius 2 is 1.76 bits per heavy atom. The van der Waals surface area contributed by atoms with Gasteiger partial charge in [0.25, 0.3) is 0 Å². The first-order chi connectivity index (χ1) is 15.4. The molecule has 7 nitrogen and oxygen atoms in total. The summed E-state index contributed by atoms with van der Waals surface area (Å²) in [6.07, 6.45) is -2.60. The molecule has 0 amide bonds. The van der Waals surface area contributed by atoms with Gasteiger partial charge in [-0.15, -0.1) is 19.6 Å². The molecule has 4 rings (SSSR count). The normalized spacial score (nSPS) is 14.1. The maximum absolute atomic E-state index is 12.3. The number of rotatable bonds is 3. The zero-order valence-electron chi connectivity index (χ0n) is 16.4. The number of hydrogen-bond donors (Lipinski definition) is 2. The fourth-order valence-electron chi connectivity index (χ4n) is 2.93. The molecule has 3 aromatic rings. The Hall–Kier alpha value is -3.79. The Morgan fingerprint density at radius 3 is 2.21 bits per heavy atom. The van der Waals surface area contributed by atoms with Crippen LogP contribution in [0, 0.1) is 12.3 Å². The molecular weight excluding hydrogens is 458 g/mol. The van der Waals surface area contributed by atoms with Gasteiger partial charge in [0, 0.05) is 30.8 Å². The van der Waals surface area contributed by atoms with Gasteiger partial charge in [-0.3, -0.25) is 0 Å². The molecule has 0 bridgehead atoms. The lowest BCUT2D eigenvalue weighted by Crippen LogP contribution is -2.40. The lowest BCUT2D eigenvalue weighted by molar-refractivity contribution is -0.274. The first-order valence-electron chi connectivity index (χ1n) is 9.12. The van der Waals surface area contributed by atoms with E-state index in [1.807, 2.05) is 0 Å². The van der Waals surface area contributed by atoms with E-state index in [2.05, 4.69) is 26.1 Å². The highest BCUT2D eigenvalue weighted by Gasteiger charge is 2.38. The molecule has 1 fully saturated rings. The van der Waals surface area contributed by atoms with E-state index in [0.29, 0.717) is 16.9 Å². The zero-order chi connectivity index (χ0) is 24.4. The molecule has 1 aliphatic rings. The smallest absolute Gasteiger partial charge is 0.475 e. The van der Waals surface area contributed by atoms with Crippen LogP contribution in [0.3, 0.4) is 0 Å². The second-order valence-corrected chi connectivity index (χ2v) is 6.70. The molecule has 2 aromatic heterocycles. The van der Waals surface area contributed by atoms with Crippen molar-refractivity contribution >= 4 is 17.0 Å². The van der Waals surface area contributed by atoms with Crippen molar-refractivity contribution in [2.75, 3.05) is 13.1 Å². The standard InChI is InChI=1S/C18H13F3N4O.C2HF3O2/c1-2-11-7-8-23-17-15(11)16(12-9-22-10-12)24-25(17)13-3-5-14(6-4-13)26-18(19,20)21;3-2(4,5)1(6)7/h1,3-8,12,22H,9-10H2;(H,6,7). The van der Waals surface area contributed by atoms with Gasteiger partial charge in [-0.1, -0.05) is 5.92 Å². The molecule has 174 valence electrons. The number of fused-ring (bicyclic) bond motifs is 1. The average Bonchev–Trinajstić information content (AvgIpc) is 3.05. The predicted molar refractivity (Wildman–Crippen MR) is 103 cm³/mol. The maximum Gasteiger partial charge on any atom is 0.573 e. The summed E-state index contributed by atoms with van der Waals surface area (Å²) < 4.78 is 74.2. The minimum Gasteiger partial charge on any atom is -0.475 e. The second kappa shape index (κ2) is 8.99. The number of aromatic nitrogens is 3. The highest BCUT2D eigenvalue weighted by Crippen LogP contribution is 2.31. The van der Waals surface area contributed by atoms with Crippen LogP contribution < -0.4 is 10.1 Å². The Morgan fingerprint density at radius 1 is 1.15 bits per heavy atom. The summed E-state index contributed by atoms with van der Waals surface area (Å²) in [4.78, 5) is 13.3. The van der Waals surface area contributed by atoms with Gasteiger partial charge in [-0.05, 0) is 30.3 Å². The number of carboxylic acid groups (broad SMARTS) is 1. The van der Waals surface area contributed by atoms with Crippen molar-refractivity contribution < 1.29 is 41.0 Å². The van der Waals surface area contributed by atoms with Crippen LogP contribution in [0.1, 0.15) is 17.2 Å². The molecule has 0 radical (unpaired) electrons. The summed E-state index contributed by atoms with van der Waals surface area (Å²) in [6, 6.07) is 7.24. The zero-order valence-corrected chi connectivity index (χ0v) is 16.4. The quantitative estimate of drug-likeness (QED) is 0.447. The minimum atomic E-state index is -5.08. The van der Waals surface area contributed by atoms with Crippen LogP contribution in [0.5, 0.6) is 5.75 Å². The van der Waals surface area contributed by atoms with E-state index in [1.165, 1.54) is 24.3 Å². The summed E-state index contributed by atoms with van der Waals surface area (Å²) in [5, 5.41) is 15.8. The Labute approximate surface area is 182 Å². The Kier molecular flexibility index (Phi) is 6.50. The number of benzene rings is 1. The number of pyridine rings is 1. The molecule has 1 aliphatic heterocycles. The van der Waals surface area contributed by atoms with Crippen molar-refractivity contribution in [3.05, 3.63) is 47.8 Å². The summed E-state index contributed by atoms with van der Waals surface area (Å²) in [5.41, 5.74) is 2.69. The minimum absolute atomic E-state index is 0.225. The van der Waals surface area contributed by atoms with Crippen molar-refractivity contribution in [1.29, 1.82) is 0 Å². The van der Waals surface area contributed by atoms with Crippen LogP contribution in [-0.4, -0.2) is 51.5 Å². The van der Waals surface area contributed by atoms with E-state index >= 15 is 0 Å². The summed E-state index contributed by atoms with van der Waals surface area (Å²) in [5.74, 6) is -0.171. The van der Waals surface area contributed by atoms with Crippen molar-refractivity contribution in [3.8, 4) is 23.8 Å². The molecule has 1 saturated heterocycles. The third-order valence-corrected chi connectivity index (χ3v) is 4.48. The van der Waals surface area contributed by atoms with Crippen molar-refractivity contribution in [2.24, 2.45) is 0 Å². The number of ether oxygens (including phenoxy) is 1. The number of hydrogen-bond acceptors (Lipinski definition) is 5. The van der Waals surface area contributed by atoms with Gasteiger partial charge in [0.2, 0.25) is 0 Å². The summed E-state index contributed by atoms with van der Waals surface area (Å²) in [7, 11) is 0. The van der Waals surface area contributed by atoms with Crippen LogP contribution in [0.15, 0.2) is 36.5 Å². The molecule has 2 N–H and O–H groups in total. The van der Waals surface area contributed by atoms with Crippen LogP contribution in [0.25, 0.3) is 16.7 Å². The van der Waals surface area contributed by atoms with Gasteiger partial charge >= 0.3 is 18.5 Å². The summed E-state index contributed by atoms with van der Waals surface area (Å²) in [6.45, 7) is 1.59. The van der Waals surface area contributed by atoms with Gasteiger partial charge in [0.15, 0.2) is 5.65 Å². The van der Waals surface area contributed by atoms with Crippen molar-refractivity contribution in [2.45, 2.75) is 18.5 Å². The number of terminal acetylenes is 1. The van der Waals surface area contributed by atoms with E-state index in [0.717, 1.165) is 24.2 Å². The molecule has 0 aliphatic carbocycles. The van der Waals surface area contributed by atoms with Gasteiger partial charge in [-0.2, -0.15) is 18.3 Å². The fraction of sp³-hybridized carbons (Fsp3) is 0.250. The van der Waals surface area contributed by atoms with Crippen LogP contribution >= 0.6 is 0 Å². The number of alkyl halides is 6. The van der Waals surface area contributed by atoms with Crippen LogP contribution in [0.4, 0.5) is 26.3 Å². The van der Waals surface area contributed by atoms with Gasteiger partial charge in [-0.25, -0.2) is 14.5 Å². The fourth-order valence-corrected chi connectivity index (χ4v) is 2.93. The number of nitrogens with zero attached hydrogens (tertiary/aromatic N) is 3. The molecule has 0 unspecified atom stereocenters. The highest BCUT2D eigenvalue weighted by atomic mass is 19.4. The second-order valence-electron chi connectivity index (χ2n) is 6.70. The molecular formula is C20H14F6N4O3. The monoisotopic (exact) mass is 472 g/mol. The molecule has 0 saturated carbocycles. The molecule has 13 heteroatoms. The number of halogens is 6. The molecule has 3 heterocycles. The highest BCUT2D eigenvalue weighted by molar-refractivity contribution is 5.87. The Balaban J connectivity index is 0.000000383. The third-order valence-electron chi connectivity index (χ3n) is 4.48. The van der Waals surface area contributed by atoms with E-state index in [1.54, 1.807) is 16.9 Å². The van der Waals surface area contributed by atoms with E-state index in [9.17, 15) is 26.3 Å². The number of aliphatic carboxylic acids is 1. The average molecular weight is 472 g/mol. The van der Waals surface area contributed by atoms with Gasteiger partial charge in [0.05, 0.1) is 16.8 Å². The molecule has 1 aromatic carbocycles. The lowest BCUT2D eigenvalue weighted by Gasteiger charge is -2.25. The Bertz CT molecular complexity index is 1190. The largest absolute Gasteiger partial charge is 0.573 e. The summed E-state index contributed by atoms with van der Waals surface area (Å²) >= 11 is 0. The van der Waals surface area contributed by atoms with E-state index in [4.69, 9.17) is 16.3 Å².